The van der Waals surface area contributed by atoms with Gasteiger partial charge < -0.3 is 0 Å². The molecule has 0 aliphatic heterocycles. The Kier molecular flexibility index (Phi) is 3.62. The number of hydrogen-bond donors (Lipinski definition) is 0. The van der Waals surface area contributed by atoms with Crippen LogP contribution in [0.25, 0.3) is 0 Å². The maximum absolute atomic E-state index is 11.4. The van der Waals surface area contributed by atoms with E-state index < -0.39 is 0 Å². The summed E-state index contributed by atoms with van der Waals surface area (Å²) >= 11 is 0. The number of ketones is 1. The SMILES string of the molecule is Cc1cc(C)c(C)c(CC(=O)CC#N)c1. The van der Waals surface area contributed by atoms with Crippen LogP contribution in [0.1, 0.15) is 28.7 Å². The number of hydrogen-bond acceptors (Lipinski definition) is 2. The maximum Gasteiger partial charge on any atom is 0.151 e. The van der Waals surface area contributed by atoms with Crippen molar-refractivity contribution >= 4 is 5.78 Å². The maximum atomic E-state index is 11.4. The van der Waals surface area contributed by atoms with E-state index in [0.717, 1.165) is 16.7 Å². The molecule has 0 bridgehead atoms. The fourth-order valence-corrected chi connectivity index (χ4v) is 1.67. The van der Waals surface area contributed by atoms with Crippen molar-refractivity contribution in [3.8, 4) is 6.07 Å². The van der Waals surface area contributed by atoms with Gasteiger partial charge >= 0.3 is 0 Å². The van der Waals surface area contributed by atoms with E-state index in [1.54, 1.807) is 0 Å². The fourth-order valence-electron chi connectivity index (χ4n) is 1.67. The molecule has 0 aromatic heterocycles. The average Bonchev–Trinajstić information content (AvgIpc) is 2.13. The molecule has 1 aromatic rings. The van der Waals surface area contributed by atoms with Crippen LogP contribution in [0.15, 0.2) is 12.1 Å². The fraction of sp³-hybridized carbons (Fsp3) is 0.385. The van der Waals surface area contributed by atoms with E-state index in [4.69, 9.17) is 5.26 Å². The van der Waals surface area contributed by atoms with Gasteiger partial charge in [-0.25, -0.2) is 0 Å². The van der Waals surface area contributed by atoms with Crippen LogP contribution in [-0.2, 0) is 11.2 Å². The zero-order valence-corrected chi connectivity index (χ0v) is 9.42. The van der Waals surface area contributed by atoms with Crippen LogP contribution in [0, 0.1) is 32.1 Å². The molecule has 0 heterocycles. The molecule has 0 fully saturated rings. The monoisotopic (exact) mass is 201 g/mol. The summed E-state index contributed by atoms with van der Waals surface area (Å²) in [5.41, 5.74) is 4.58. The van der Waals surface area contributed by atoms with E-state index in [2.05, 4.69) is 6.07 Å². The molecule has 0 atom stereocenters. The Morgan fingerprint density at radius 1 is 1.33 bits per heavy atom. The van der Waals surface area contributed by atoms with Crippen molar-refractivity contribution in [2.75, 3.05) is 0 Å². The van der Waals surface area contributed by atoms with Crippen LogP contribution in [-0.4, -0.2) is 5.78 Å². The first-order valence-corrected chi connectivity index (χ1v) is 5.00. The molecule has 78 valence electrons. The Bertz CT molecular complexity index is 427. The van der Waals surface area contributed by atoms with Gasteiger partial charge in [0, 0.05) is 6.42 Å². The molecule has 0 saturated carbocycles. The second-order valence-electron chi connectivity index (χ2n) is 3.92. The van der Waals surface area contributed by atoms with Gasteiger partial charge in [-0.05, 0) is 37.5 Å². The minimum absolute atomic E-state index is 0.00638. The topological polar surface area (TPSA) is 40.9 Å². The minimum Gasteiger partial charge on any atom is -0.298 e. The Morgan fingerprint density at radius 3 is 2.60 bits per heavy atom. The highest BCUT2D eigenvalue weighted by molar-refractivity contribution is 5.83. The van der Waals surface area contributed by atoms with Crippen LogP contribution in [0.4, 0.5) is 0 Å². The number of nitrogens with zero attached hydrogens (tertiary/aromatic N) is 1. The Morgan fingerprint density at radius 2 is 2.00 bits per heavy atom. The molecule has 1 rings (SSSR count). The van der Waals surface area contributed by atoms with E-state index >= 15 is 0 Å². The third kappa shape index (κ3) is 2.92. The number of carbonyl (C=O) groups excluding carboxylic acids is 1. The molecule has 0 aliphatic carbocycles. The summed E-state index contributed by atoms with van der Waals surface area (Å²) in [5, 5.41) is 8.42. The second-order valence-corrected chi connectivity index (χ2v) is 3.92. The number of rotatable bonds is 3. The summed E-state index contributed by atoms with van der Waals surface area (Å²) < 4.78 is 0. The number of benzene rings is 1. The van der Waals surface area contributed by atoms with Crippen LogP contribution in [0.3, 0.4) is 0 Å². The van der Waals surface area contributed by atoms with E-state index in [0.29, 0.717) is 6.42 Å². The normalized spacial score (nSPS) is 9.73. The van der Waals surface area contributed by atoms with Crippen molar-refractivity contribution in [2.24, 2.45) is 0 Å². The Balaban J connectivity index is 2.95. The molecule has 0 spiro atoms. The van der Waals surface area contributed by atoms with E-state index in [9.17, 15) is 4.79 Å². The highest BCUT2D eigenvalue weighted by Gasteiger charge is 2.07. The van der Waals surface area contributed by atoms with Crippen molar-refractivity contribution in [2.45, 2.75) is 33.6 Å². The summed E-state index contributed by atoms with van der Waals surface area (Å²) in [6.45, 7) is 6.08. The van der Waals surface area contributed by atoms with Crippen molar-refractivity contribution in [3.05, 3.63) is 34.4 Å². The van der Waals surface area contributed by atoms with Crippen molar-refractivity contribution in [1.82, 2.24) is 0 Å². The Labute approximate surface area is 90.5 Å². The highest BCUT2D eigenvalue weighted by Crippen LogP contribution is 2.17. The molecule has 2 heteroatoms. The van der Waals surface area contributed by atoms with Gasteiger partial charge in [0.1, 0.15) is 0 Å². The van der Waals surface area contributed by atoms with E-state index in [1.165, 1.54) is 5.56 Å². The first-order chi connectivity index (χ1) is 7.04. The lowest BCUT2D eigenvalue weighted by molar-refractivity contribution is -0.117. The van der Waals surface area contributed by atoms with Crippen LogP contribution >= 0.6 is 0 Å². The van der Waals surface area contributed by atoms with Gasteiger partial charge in [0.25, 0.3) is 0 Å². The minimum atomic E-state index is -0.00870. The first kappa shape index (κ1) is 11.5. The van der Waals surface area contributed by atoms with Gasteiger partial charge in [-0.15, -0.1) is 0 Å². The molecule has 2 nitrogen and oxygen atoms in total. The molecule has 0 N–H and O–H groups in total. The van der Waals surface area contributed by atoms with Crippen molar-refractivity contribution in [3.63, 3.8) is 0 Å². The van der Waals surface area contributed by atoms with Crippen LogP contribution in [0.2, 0.25) is 0 Å². The number of aryl methyl sites for hydroxylation is 2. The molecule has 0 unspecified atom stereocenters. The van der Waals surface area contributed by atoms with Crippen LogP contribution in [0.5, 0.6) is 0 Å². The molecule has 0 radical (unpaired) electrons. The van der Waals surface area contributed by atoms with Crippen molar-refractivity contribution in [1.29, 1.82) is 5.26 Å². The lowest BCUT2D eigenvalue weighted by Gasteiger charge is -2.09. The summed E-state index contributed by atoms with van der Waals surface area (Å²) in [6, 6.07) is 6.02. The molecular formula is C13H15NO. The second kappa shape index (κ2) is 4.75. The third-order valence-corrected chi connectivity index (χ3v) is 2.58. The van der Waals surface area contributed by atoms with Gasteiger partial charge in [-0.3, -0.25) is 4.79 Å². The smallest absolute Gasteiger partial charge is 0.151 e. The number of nitriles is 1. The summed E-state index contributed by atoms with van der Waals surface area (Å²) in [7, 11) is 0. The predicted molar refractivity (Wildman–Crippen MR) is 59.6 cm³/mol. The quantitative estimate of drug-likeness (QED) is 0.754. The van der Waals surface area contributed by atoms with Gasteiger partial charge in [-0.2, -0.15) is 5.26 Å². The average molecular weight is 201 g/mol. The predicted octanol–water partition coefficient (Wildman–Crippen LogP) is 2.64. The molecule has 0 amide bonds. The zero-order valence-electron chi connectivity index (χ0n) is 9.42. The van der Waals surface area contributed by atoms with Gasteiger partial charge in [-0.1, -0.05) is 17.7 Å². The Hall–Kier alpha value is -1.62. The largest absolute Gasteiger partial charge is 0.298 e. The standard InChI is InChI=1S/C13H15NO/c1-9-6-10(2)11(3)12(7-9)8-13(15)4-5-14/h6-7H,4,8H2,1-3H3. The van der Waals surface area contributed by atoms with Gasteiger partial charge in [0.15, 0.2) is 5.78 Å². The lowest BCUT2D eigenvalue weighted by atomic mass is 9.96. The summed E-state index contributed by atoms with van der Waals surface area (Å²) in [4.78, 5) is 11.4. The number of carbonyl (C=O) groups is 1. The zero-order chi connectivity index (χ0) is 11.4. The van der Waals surface area contributed by atoms with E-state index in [1.807, 2.05) is 32.9 Å². The van der Waals surface area contributed by atoms with E-state index in [-0.39, 0.29) is 12.2 Å². The molecular weight excluding hydrogens is 186 g/mol. The van der Waals surface area contributed by atoms with Crippen molar-refractivity contribution < 1.29 is 4.79 Å². The highest BCUT2D eigenvalue weighted by atomic mass is 16.1. The molecule has 1 aromatic carbocycles. The van der Waals surface area contributed by atoms with Gasteiger partial charge in [0.2, 0.25) is 0 Å². The summed E-state index contributed by atoms with van der Waals surface area (Å²) in [6.07, 6.45) is 0.383. The number of Topliss-reactive ketones (excluding diaryl/α,β-unsaturated/α-hetero) is 1. The molecule has 0 aliphatic rings. The van der Waals surface area contributed by atoms with Gasteiger partial charge in [0.05, 0.1) is 12.5 Å². The first-order valence-electron chi connectivity index (χ1n) is 5.00. The molecule has 0 saturated heterocycles. The molecule has 15 heavy (non-hydrogen) atoms. The summed E-state index contributed by atoms with van der Waals surface area (Å²) in [5.74, 6) is -0.00870. The lowest BCUT2D eigenvalue weighted by Crippen LogP contribution is -2.04. The van der Waals surface area contributed by atoms with Crippen LogP contribution < -0.4 is 0 Å². The third-order valence-electron chi connectivity index (χ3n) is 2.58.